The molecule has 0 aliphatic rings. The van der Waals surface area contributed by atoms with Gasteiger partial charge in [0.2, 0.25) is 5.69 Å². The van der Waals surface area contributed by atoms with Crippen molar-refractivity contribution in [2.24, 2.45) is 0 Å². The maximum Gasteiger partial charge on any atom is 1.00 e. The minimum Gasteiger partial charge on any atom is -0.382 e. The van der Waals surface area contributed by atoms with Gasteiger partial charge in [0, 0.05) is 35.5 Å². The topological polar surface area (TPSA) is 37.2 Å². The first-order chi connectivity index (χ1) is 13.6. The second kappa shape index (κ2) is 13.5. The summed E-state index contributed by atoms with van der Waals surface area (Å²) in [6.45, 7) is 24.7. The Kier molecular flexibility index (Phi) is 12.7. The van der Waals surface area contributed by atoms with Crippen LogP contribution in [0, 0.1) is 48.5 Å². The van der Waals surface area contributed by atoms with E-state index in [9.17, 15) is 0 Å². The molecule has 0 bridgehead atoms. The van der Waals surface area contributed by atoms with Crippen molar-refractivity contribution in [2.45, 2.75) is 62.3 Å². The SMILES string of the molecule is CCOCC.[CH2-]C(=[NH+]c1c(C)cc(C)cc1C)C(C)=[NH+]c1c(C)cc(C)cc1C.[Li+]. The van der Waals surface area contributed by atoms with Gasteiger partial charge in [0.1, 0.15) is 11.4 Å². The molecule has 0 radical (unpaired) electrons. The summed E-state index contributed by atoms with van der Waals surface area (Å²) in [4.78, 5) is 7.01. The number of benzene rings is 2. The Balaban J connectivity index is 0.00000125. The molecule has 0 aromatic heterocycles. The Morgan fingerprint density at radius 3 is 1.37 bits per heavy atom. The molecule has 0 amide bonds. The van der Waals surface area contributed by atoms with Crippen LogP contribution < -0.4 is 28.8 Å². The van der Waals surface area contributed by atoms with Crippen molar-refractivity contribution in [3.05, 3.63) is 64.6 Å². The summed E-state index contributed by atoms with van der Waals surface area (Å²) in [5.41, 5.74) is 11.8. The van der Waals surface area contributed by atoms with Gasteiger partial charge in [-0.05, 0) is 86.6 Å². The number of rotatable bonds is 5. The molecular formula is C26H39LiN2O+2. The molecule has 0 heterocycles. The average Bonchev–Trinajstić information content (AvgIpc) is 2.62. The monoisotopic (exact) mass is 402 g/mol. The third-order valence-corrected chi connectivity index (χ3v) is 4.80. The van der Waals surface area contributed by atoms with E-state index in [2.05, 4.69) is 89.6 Å². The molecule has 2 aromatic rings. The summed E-state index contributed by atoms with van der Waals surface area (Å²) in [5.74, 6) is 0. The standard InChI is InChI=1S/C22H27N2.C4H10O.Li/c1-13-9-15(3)21(16(4)10-13)23-19(7)20(8)24-22-17(5)11-14(2)12-18(22)6;1-3-5-4-2;/h9-12H,7H2,1-6,8H3;3-4H2,1-2H3;/q-1;;+1/p+2. The van der Waals surface area contributed by atoms with Crippen LogP contribution in [0.3, 0.4) is 0 Å². The van der Waals surface area contributed by atoms with E-state index in [1.54, 1.807) is 0 Å². The van der Waals surface area contributed by atoms with E-state index >= 15 is 0 Å². The van der Waals surface area contributed by atoms with Gasteiger partial charge in [-0.1, -0.05) is 11.1 Å². The molecule has 4 heteroatoms. The molecule has 2 aromatic carbocycles. The smallest absolute Gasteiger partial charge is 0.382 e. The van der Waals surface area contributed by atoms with E-state index in [-0.39, 0.29) is 18.9 Å². The van der Waals surface area contributed by atoms with Crippen molar-refractivity contribution in [3.63, 3.8) is 0 Å². The number of ether oxygens (including phenoxy) is 1. The van der Waals surface area contributed by atoms with Gasteiger partial charge in [0.25, 0.3) is 0 Å². The second-order valence-corrected chi connectivity index (χ2v) is 7.68. The minimum absolute atomic E-state index is 0. The Labute approximate surface area is 196 Å². The number of hydrogen-bond donors (Lipinski definition) is 2. The van der Waals surface area contributed by atoms with Crippen molar-refractivity contribution >= 4 is 22.8 Å². The van der Waals surface area contributed by atoms with E-state index < -0.39 is 0 Å². The molecular weight excluding hydrogens is 363 g/mol. The van der Waals surface area contributed by atoms with Crippen molar-refractivity contribution in [2.75, 3.05) is 13.2 Å². The summed E-state index contributed by atoms with van der Waals surface area (Å²) in [6.07, 6.45) is 0. The maximum absolute atomic E-state index is 4.83. The predicted octanol–water partition coefficient (Wildman–Crippen LogP) is 0.444. The van der Waals surface area contributed by atoms with Crippen molar-refractivity contribution in [3.8, 4) is 0 Å². The number of aryl methyl sites for hydroxylation is 6. The summed E-state index contributed by atoms with van der Waals surface area (Å²) >= 11 is 0. The van der Waals surface area contributed by atoms with Gasteiger partial charge in [-0.3, -0.25) is 4.99 Å². The van der Waals surface area contributed by atoms with E-state index in [4.69, 9.17) is 4.74 Å². The number of hydrogen-bond acceptors (Lipinski definition) is 1. The van der Waals surface area contributed by atoms with Crippen LogP contribution in [0.5, 0.6) is 0 Å². The van der Waals surface area contributed by atoms with Crippen molar-refractivity contribution < 1.29 is 33.6 Å². The third-order valence-electron chi connectivity index (χ3n) is 4.80. The van der Waals surface area contributed by atoms with Crippen LogP contribution >= 0.6 is 0 Å². The van der Waals surface area contributed by atoms with E-state index in [1.807, 2.05) is 13.8 Å². The second-order valence-electron chi connectivity index (χ2n) is 7.68. The molecule has 0 atom stereocenters. The Morgan fingerprint density at radius 1 is 0.733 bits per heavy atom. The van der Waals surface area contributed by atoms with Gasteiger partial charge in [0.15, 0.2) is 5.69 Å². The van der Waals surface area contributed by atoms with E-state index in [0.717, 1.165) is 30.3 Å². The van der Waals surface area contributed by atoms with Crippen LogP contribution in [-0.4, -0.2) is 24.6 Å². The first kappa shape index (κ1) is 28.2. The van der Waals surface area contributed by atoms with Crippen LogP contribution in [-0.2, 0) is 4.74 Å². The summed E-state index contributed by atoms with van der Waals surface area (Å²) < 4.78 is 4.83. The van der Waals surface area contributed by atoms with Crippen LogP contribution in [0.25, 0.3) is 0 Å². The van der Waals surface area contributed by atoms with Gasteiger partial charge in [-0.25, -0.2) is 4.99 Å². The van der Waals surface area contributed by atoms with Crippen LogP contribution in [0.4, 0.5) is 11.4 Å². The Morgan fingerprint density at radius 2 is 1.07 bits per heavy atom. The quantitative estimate of drug-likeness (QED) is 0.425. The fourth-order valence-electron chi connectivity index (χ4n) is 3.47. The molecule has 158 valence electrons. The zero-order chi connectivity index (χ0) is 22.1. The first-order valence-corrected chi connectivity index (χ1v) is 10.4. The molecule has 0 saturated carbocycles. The molecule has 0 spiro atoms. The third kappa shape index (κ3) is 8.52. The molecule has 0 aliphatic heterocycles. The molecule has 0 saturated heterocycles. The van der Waals surface area contributed by atoms with Crippen molar-refractivity contribution in [1.82, 2.24) is 0 Å². The van der Waals surface area contributed by atoms with Crippen molar-refractivity contribution in [1.29, 1.82) is 0 Å². The van der Waals surface area contributed by atoms with Crippen LogP contribution in [0.2, 0.25) is 0 Å². The molecule has 0 fully saturated rings. The molecule has 0 aliphatic carbocycles. The Bertz CT molecular complexity index is 778. The van der Waals surface area contributed by atoms with Gasteiger partial charge < -0.3 is 4.74 Å². The molecule has 30 heavy (non-hydrogen) atoms. The van der Waals surface area contributed by atoms with E-state index in [1.165, 1.54) is 39.1 Å². The molecule has 2 N–H and O–H groups in total. The zero-order valence-electron chi connectivity index (χ0n) is 20.8. The zero-order valence-corrected chi connectivity index (χ0v) is 20.8. The van der Waals surface area contributed by atoms with Crippen LogP contribution in [0.15, 0.2) is 24.3 Å². The summed E-state index contributed by atoms with van der Waals surface area (Å²) in [6, 6.07) is 8.79. The summed E-state index contributed by atoms with van der Waals surface area (Å²) in [7, 11) is 0. The molecule has 3 nitrogen and oxygen atoms in total. The van der Waals surface area contributed by atoms with Gasteiger partial charge >= 0.3 is 18.9 Å². The number of nitrogens with one attached hydrogen (secondary N) is 2. The minimum atomic E-state index is 0. The Hall–Kier alpha value is -1.79. The fraction of sp³-hybridized carbons (Fsp3) is 0.423. The molecule has 2 rings (SSSR count). The first-order valence-electron chi connectivity index (χ1n) is 10.4. The fourth-order valence-corrected chi connectivity index (χ4v) is 3.47. The average molecular weight is 403 g/mol. The van der Waals surface area contributed by atoms with Gasteiger partial charge in [-0.15, -0.1) is 0 Å². The van der Waals surface area contributed by atoms with Crippen LogP contribution in [0.1, 0.15) is 54.2 Å². The summed E-state index contributed by atoms with van der Waals surface area (Å²) in [5, 5.41) is 0. The van der Waals surface area contributed by atoms with Gasteiger partial charge in [-0.2, -0.15) is 6.92 Å². The van der Waals surface area contributed by atoms with E-state index in [0.29, 0.717) is 0 Å². The predicted molar refractivity (Wildman–Crippen MR) is 126 cm³/mol. The van der Waals surface area contributed by atoms with Gasteiger partial charge in [0.05, 0.1) is 0 Å². The largest absolute Gasteiger partial charge is 1.00 e. The normalized spacial score (nSPS) is 11.5. The maximum atomic E-state index is 4.83. The molecule has 0 unspecified atom stereocenters.